The van der Waals surface area contributed by atoms with Gasteiger partial charge in [0.15, 0.2) is 0 Å². The van der Waals surface area contributed by atoms with Crippen LogP contribution < -0.4 is 14.8 Å². The summed E-state index contributed by atoms with van der Waals surface area (Å²) in [5.74, 6) is 0.228. The lowest BCUT2D eigenvalue weighted by molar-refractivity contribution is -0.119. The number of benzene rings is 1. The predicted octanol–water partition coefficient (Wildman–Crippen LogP) is 2.73. The Balaban J connectivity index is 1.96. The average Bonchev–Trinajstić information content (AvgIpc) is 3.11. The van der Waals surface area contributed by atoms with Crippen molar-refractivity contribution in [2.75, 3.05) is 13.7 Å². The highest BCUT2D eigenvalue weighted by Crippen LogP contribution is 2.33. The molecule has 8 nitrogen and oxygen atoms in total. The number of amides is 1. The second-order valence-electron chi connectivity index (χ2n) is 7.08. The molecule has 2 heterocycles. The Bertz CT molecular complexity index is 980. The summed E-state index contributed by atoms with van der Waals surface area (Å²) in [5, 5.41) is 13.5. The van der Waals surface area contributed by atoms with E-state index in [-0.39, 0.29) is 23.6 Å². The van der Waals surface area contributed by atoms with Gasteiger partial charge in [0.05, 0.1) is 30.9 Å². The maximum atomic E-state index is 12.2. The molecule has 152 valence electrons. The largest absolute Gasteiger partial charge is 0.490 e. The standard InChI is InChI=1S/C21H23N3O5/c1-12(2)29-18-9-16-15(8-13(18)10-22)17(21(26)27-3)11-23-20(16)28-7-6-14-4-5-19(25)24-14/h8-9,11-12,14H,4-7H2,1-3H3,(H,24,25)/t14-/m0/s1. The fourth-order valence-electron chi connectivity index (χ4n) is 3.26. The number of nitrogens with zero attached hydrogens (tertiary/aromatic N) is 2. The van der Waals surface area contributed by atoms with Crippen LogP contribution in [-0.2, 0) is 9.53 Å². The Morgan fingerprint density at radius 3 is 2.79 bits per heavy atom. The number of nitriles is 1. The summed E-state index contributed by atoms with van der Waals surface area (Å²) in [4.78, 5) is 27.8. The molecule has 1 saturated heterocycles. The second kappa shape index (κ2) is 8.78. The smallest absolute Gasteiger partial charge is 0.340 e. The zero-order valence-corrected chi connectivity index (χ0v) is 16.7. The summed E-state index contributed by atoms with van der Waals surface area (Å²) in [7, 11) is 1.29. The van der Waals surface area contributed by atoms with E-state index in [9.17, 15) is 14.9 Å². The number of pyridine rings is 1. The molecule has 2 aromatic rings. The van der Waals surface area contributed by atoms with E-state index in [1.165, 1.54) is 13.3 Å². The van der Waals surface area contributed by atoms with Gasteiger partial charge >= 0.3 is 5.97 Å². The summed E-state index contributed by atoms with van der Waals surface area (Å²) in [6.07, 6.45) is 3.22. The highest BCUT2D eigenvalue weighted by Gasteiger charge is 2.22. The minimum Gasteiger partial charge on any atom is -0.490 e. The fourth-order valence-corrected chi connectivity index (χ4v) is 3.26. The van der Waals surface area contributed by atoms with Crippen LogP contribution in [0.4, 0.5) is 0 Å². The number of esters is 1. The molecule has 1 N–H and O–H groups in total. The molecule has 1 aliphatic heterocycles. The lowest BCUT2D eigenvalue weighted by atomic mass is 10.0. The zero-order valence-electron chi connectivity index (χ0n) is 16.7. The quantitative estimate of drug-likeness (QED) is 0.715. The van der Waals surface area contributed by atoms with E-state index in [0.717, 1.165) is 6.42 Å². The number of nitrogens with one attached hydrogen (secondary N) is 1. The van der Waals surface area contributed by atoms with E-state index in [2.05, 4.69) is 16.4 Å². The summed E-state index contributed by atoms with van der Waals surface area (Å²) in [5.41, 5.74) is 0.549. The number of carbonyl (C=O) groups is 2. The number of hydrogen-bond acceptors (Lipinski definition) is 7. The van der Waals surface area contributed by atoms with Crippen molar-refractivity contribution >= 4 is 22.6 Å². The van der Waals surface area contributed by atoms with Crippen LogP contribution in [-0.4, -0.2) is 42.7 Å². The number of hydrogen-bond donors (Lipinski definition) is 1. The Morgan fingerprint density at radius 1 is 1.38 bits per heavy atom. The van der Waals surface area contributed by atoms with Crippen molar-refractivity contribution in [3.63, 3.8) is 0 Å². The van der Waals surface area contributed by atoms with Crippen molar-refractivity contribution in [3.8, 4) is 17.7 Å². The van der Waals surface area contributed by atoms with Gasteiger partial charge < -0.3 is 19.5 Å². The molecule has 29 heavy (non-hydrogen) atoms. The zero-order chi connectivity index (χ0) is 21.0. The van der Waals surface area contributed by atoms with Gasteiger partial charge in [0.2, 0.25) is 11.8 Å². The average molecular weight is 397 g/mol. The number of fused-ring (bicyclic) bond motifs is 1. The number of carbonyl (C=O) groups excluding carboxylic acids is 2. The third-order valence-corrected chi connectivity index (χ3v) is 4.63. The SMILES string of the molecule is COC(=O)c1cnc(OCC[C@@H]2CCC(=O)N2)c2cc(OC(C)C)c(C#N)cc12. The number of aromatic nitrogens is 1. The number of methoxy groups -OCH3 is 1. The van der Waals surface area contributed by atoms with Gasteiger partial charge in [-0.05, 0) is 32.4 Å². The van der Waals surface area contributed by atoms with Gasteiger partial charge in [-0.3, -0.25) is 4.79 Å². The van der Waals surface area contributed by atoms with Crippen molar-refractivity contribution < 1.29 is 23.8 Å². The minimum atomic E-state index is -0.552. The van der Waals surface area contributed by atoms with Crippen LogP contribution in [0.25, 0.3) is 10.8 Å². The number of ether oxygens (including phenoxy) is 3. The van der Waals surface area contributed by atoms with E-state index >= 15 is 0 Å². The second-order valence-corrected chi connectivity index (χ2v) is 7.08. The van der Waals surface area contributed by atoms with Gasteiger partial charge in [-0.25, -0.2) is 9.78 Å². The van der Waals surface area contributed by atoms with Crippen LogP contribution in [0.3, 0.4) is 0 Å². The van der Waals surface area contributed by atoms with E-state index in [1.807, 2.05) is 13.8 Å². The van der Waals surface area contributed by atoms with E-state index < -0.39 is 5.97 Å². The lowest BCUT2D eigenvalue weighted by Crippen LogP contribution is -2.26. The first-order valence-electron chi connectivity index (χ1n) is 9.47. The maximum absolute atomic E-state index is 12.2. The van der Waals surface area contributed by atoms with Gasteiger partial charge in [-0.2, -0.15) is 5.26 Å². The molecule has 0 spiro atoms. The van der Waals surface area contributed by atoms with Crippen LogP contribution >= 0.6 is 0 Å². The van der Waals surface area contributed by atoms with Crippen LogP contribution in [0.15, 0.2) is 18.3 Å². The molecule has 0 radical (unpaired) electrons. The van der Waals surface area contributed by atoms with Crippen molar-refractivity contribution in [1.82, 2.24) is 10.3 Å². The molecular formula is C21H23N3O5. The van der Waals surface area contributed by atoms with Gasteiger partial charge in [0, 0.05) is 35.9 Å². The van der Waals surface area contributed by atoms with Gasteiger partial charge in [-0.1, -0.05) is 0 Å². The molecule has 1 fully saturated rings. The molecule has 0 unspecified atom stereocenters. The van der Waals surface area contributed by atoms with E-state index in [0.29, 0.717) is 47.4 Å². The fraction of sp³-hybridized carbons (Fsp3) is 0.429. The highest BCUT2D eigenvalue weighted by molar-refractivity contribution is 6.06. The monoisotopic (exact) mass is 397 g/mol. The molecule has 3 rings (SSSR count). The Kier molecular flexibility index (Phi) is 6.17. The topological polar surface area (TPSA) is 111 Å². The summed E-state index contributed by atoms with van der Waals surface area (Å²) >= 11 is 0. The molecular weight excluding hydrogens is 374 g/mol. The molecule has 1 atom stereocenters. The molecule has 1 aromatic carbocycles. The van der Waals surface area contributed by atoms with Crippen LogP contribution in [0.1, 0.15) is 49.0 Å². The molecule has 1 aliphatic rings. The van der Waals surface area contributed by atoms with Gasteiger partial charge in [0.1, 0.15) is 11.8 Å². The summed E-state index contributed by atoms with van der Waals surface area (Å²) in [6.45, 7) is 4.08. The van der Waals surface area contributed by atoms with Crippen molar-refractivity contribution in [2.45, 2.75) is 45.3 Å². The predicted molar refractivity (Wildman–Crippen MR) is 105 cm³/mol. The molecule has 0 saturated carbocycles. The third-order valence-electron chi connectivity index (χ3n) is 4.63. The Labute approximate surface area is 168 Å². The van der Waals surface area contributed by atoms with Crippen molar-refractivity contribution in [3.05, 3.63) is 29.5 Å². The first-order chi connectivity index (χ1) is 13.9. The van der Waals surface area contributed by atoms with E-state index in [1.54, 1.807) is 12.1 Å². The Hall–Kier alpha value is -3.34. The third kappa shape index (κ3) is 4.57. The van der Waals surface area contributed by atoms with Gasteiger partial charge in [0.25, 0.3) is 0 Å². The summed E-state index contributed by atoms with van der Waals surface area (Å²) in [6, 6.07) is 5.45. The Morgan fingerprint density at radius 2 is 2.17 bits per heavy atom. The maximum Gasteiger partial charge on any atom is 0.340 e. The molecule has 1 aromatic heterocycles. The normalized spacial score (nSPS) is 15.8. The van der Waals surface area contributed by atoms with Crippen molar-refractivity contribution in [1.29, 1.82) is 5.26 Å². The van der Waals surface area contributed by atoms with Crippen LogP contribution in [0.2, 0.25) is 0 Å². The van der Waals surface area contributed by atoms with Crippen molar-refractivity contribution in [2.24, 2.45) is 0 Å². The highest BCUT2D eigenvalue weighted by atomic mass is 16.5. The van der Waals surface area contributed by atoms with E-state index in [4.69, 9.17) is 14.2 Å². The minimum absolute atomic E-state index is 0.0560. The molecule has 0 bridgehead atoms. The van der Waals surface area contributed by atoms with Gasteiger partial charge in [-0.15, -0.1) is 0 Å². The number of rotatable bonds is 7. The van der Waals surface area contributed by atoms with Crippen LogP contribution in [0.5, 0.6) is 11.6 Å². The molecule has 0 aliphatic carbocycles. The molecule has 1 amide bonds. The summed E-state index contributed by atoms with van der Waals surface area (Å²) < 4.78 is 16.5. The lowest BCUT2D eigenvalue weighted by Gasteiger charge is -2.16. The van der Waals surface area contributed by atoms with Crippen LogP contribution in [0, 0.1) is 11.3 Å². The first-order valence-corrected chi connectivity index (χ1v) is 9.47. The molecule has 8 heteroatoms. The first kappa shape index (κ1) is 20.4.